The van der Waals surface area contributed by atoms with Crippen molar-refractivity contribution < 1.29 is 15.0 Å². The first-order chi connectivity index (χ1) is 7.69. The van der Waals surface area contributed by atoms with Crippen molar-refractivity contribution in [3.63, 3.8) is 0 Å². The van der Waals surface area contributed by atoms with Gasteiger partial charge in [0, 0.05) is 5.56 Å². The second-order valence-corrected chi connectivity index (χ2v) is 3.92. The minimum atomic E-state index is -0.748. The molecular formula is C13H12O3. The zero-order valence-corrected chi connectivity index (χ0v) is 8.73. The molecule has 0 atom stereocenters. The first kappa shape index (κ1) is 10.7. The minimum Gasteiger partial charge on any atom is -0.481 e. The van der Waals surface area contributed by atoms with Crippen molar-refractivity contribution in [2.24, 2.45) is 0 Å². The van der Waals surface area contributed by atoms with Crippen molar-refractivity contribution in [2.45, 2.75) is 18.3 Å². The largest absolute Gasteiger partial charge is 0.481 e. The van der Waals surface area contributed by atoms with Gasteiger partial charge in [-0.15, -0.1) is 0 Å². The molecule has 3 nitrogen and oxygen atoms in total. The van der Waals surface area contributed by atoms with Crippen LogP contribution in [0.1, 0.15) is 24.0 Å². The summed E-state index contributed by atoms with van der Waals surface area (Å²) >= 11 is 0. The normalized spacial score (nSPS) is 16.1. The predicted octanol–water partition coefficient (Wildman–Crippen LogP) is 1.15. The third kappa shape index (κ3) is 1.80. The van der Waals surface area contributed by atoms with Gasteiger partial charge >= 0.3 is 5.97 Å². The van der Waals surface area contributed by atoms with Crippen LogP contribution >= 0.6 is 0 Å². The molecule has 0 radical (unpaired) electrons. The van der Waals surface area contributed by atoms with Crippen LogP contribution in [0.4, 0.5) is 0 Å². The average molecular weight is 216 g/mol. The van der Waals surface area contributed by atoms with Gasteiger partial charge in [0.15, 0.2) is 0 Å². The summed E-state index contributed by atoms with van der Waals surface area (Å²) in [5, 5.41) is 17.6. The van der Waals surface area contributed by atoms with Crippen molar-refractivity contribution in [1.29, 1.82) is 0 Å². The highest BCUT2D eigenvalue weighted by atomic mass is 16.4. The van der Waals surface area contributed by atoms with E-state index in [2.05, 4.69) is 11.8 Å². The van der Waals surface area contributed by atoms with E-state index in [4.69, 9.17) is 10.2 Å². The molecule has 0 saturated heterocycles. The number of carboxylic acids is 1. The molecule has 0 aliphatic heterocycles. The third-order valence-corrected chi connectivity index (χ3v) is 2.91. The summed E-state index contributed by atoms with van der Waals surface area (Å²) < 4.78 is 0. The summed E-state index contributed by atoms with van der Waals surface area (Å²) in [6, 6.07) is 7.20. The van der Waals surface area contributed by atoms with Crippen molar-refractivity contribution in [3.05, 3.63) is 35.4 Å². The number of rotatable bonds is 2. The SMILES string of the molecule is O=C(O)C1(c2ccc(C#CCO)cc2)CC1. The molecule has 0 bridgehead atoms. The van der Waals surface area contributed by atoms with Gasteiger partial charge in [-0.1, -0.05) is 24.0 Å². The summed E-state index contributed by atoms with van der Waals surface area (Å²) in [5.41, 5.74) is 0.983. The number of hydrogen-bond donors (Lipinski definition) is 2. The van der Waals surface area contributed by atoms with Crippen LogP contribution in [0, 0.1) is 11.8 Å². The Morgan fingerprint density at radius 2 is 1.94 bits per heavy atom. The van der Waals surface area contributed by atoms with Crippen LogP contribution in [-0.4, -0.2) is 22.8 Å². The van der Waals surface area contributed by atoms with Crippen LogP contribution in [0.3, 0.4) is 0 Å². The van der Waals surface area contributed by atoms with Crippen molar-refractivity contribution in [3.8, 4) is 11.8 Å². The number of carbonyl (C=O) groups is 1. The lowest BCUT2D eigenvalue weighted by atomic mass is 9.95. The molecule has 2 rings (SSSR count). The van der Waals surface area contributed by atoms with E-state index in [1.165, 1.54) is 0 Å². The number of benzene rings is 1. The highest BCUT2D eigenvalue weighted by Gasteiger charge is 2.51. The number of aliphatic hydroxyl groups excluding tert-OH is 1. The zero-order chi connectivity index (χ0) is 11.6. The third-order valence-electron chi connectivity index (χ3n) is 2.91. The Kier molecular flexibility index (Phi) is 2.67. The molecule has 82 valence electrons. The van der Waals surface area contributed by atoms with Crippen molar-refractivity contribution in [1.82, 2.24) is 0 Å². The Balaban J connectivity index is 2.23. The Morgan fingerprint density at radius 3 is 2.38 bits per heavy atom. The first-order valence-corrected chi connectivity index (χ1v) is 5.13. The first-order valence-electron chi connectivity index (χ1n) is 5.13. The molecular weight excluding hydrogens is 204 g/mol. The average Bonchev–Trinajstić information content (AvgIpc) is 3.08. The van der Waals surface area contributed by atoms with Gasteiger partial charge in [-0.25, -0.2) is 0 Å². The van der Waals surface area contributed by atoms with E-state index in [0.29, 0.717) is 12.8 Å². The van der Waals surface area contributed by atoms with E-state index in [1.807, 2.05) is 12.1 Å². The molecule has 0 amide bonds. The van der Waals surface area contributed by atoms with E-state index in [0.717, 1.165) is 11.1 Å². The number of carboxylic acid groups (broad SMARTS) is 1. The molecule has 1 fully saturated rings. The molecule has 1 aromatic rings. The second kappa shape index (κ2) is 3.99. The molecule has 0 unspecified atom stereocenters. The molecule has 3 heteroatoms. The van der Waals surface area contributed by atoms with Crippen LogP contribution in [0.15, 0.2) is 24.3 Å². The van der Waals surface area contributed by atoms with Crippen LogP contribution in [0.5, 0.6) is 0 Å². The van der Waals surface area contributed by atoms with Crippen LogP contribution < -0.4 is 0 Å². The summed E-state index contributed by atoms with van der Waals surface area (Å²) in [6.45, 7) is -0.166. The Morgan fingerprint density at radius 1 is 1.31 bits per heavy atom. The highest BCUT2D eigenvalue weighted by molar-refractivity contribution is 5.84. The summed E-state index contributed by atoms with van der Waals surface area (Å²) in [5.74, 6) is 4.58. The van der Waals surface area contributed by atoms with Gasteiger partial charge < -0.3 is 10.2 Å². The predicted molar refractivity (Wildman–Crippen MR) is 59.0 cm³/mol. The fraction of sp³-hybridized carbons (Fsp3) is 0.308. The molecule has 0 aromatic heterocycles. The van der Waals surface area contributed by atoms with Gasteiger partial charge in [-0.2, -0.15) is 0 Å². The maximum atomic E-state index is 11.1. The number of aliphatic carboxylic acids is 1. The molecule has 1 aliphatic rings. The highest BCUT2D eigenvalue weighted by Crippen LogP contribution is 2.48. The van der Waals surface area contributed by atoms with E-state index in [9.17, 15) is 4.79 Å². The smallest absolute Gasteiger partial charge is 0.314 e. The molecule has 0 spiro atoms. The van der Waals surface area contributed by atoms with E-state index < -0.39 is 11.4 Å². The minimum absolute atomic E-state index is 0.166. The monoisotopic (exact) mass is 216 g/mol. The Labute approximate surface area is 93.7 Å². The molecule has 16 heavy (non-hydrogen) atoms. The number of hydrogen-bond acceptors (Lipinski definition) is 2. The van der Waals surface area contributed by atoms with E-state index >= 15 is 0 Å². The molecule has 1 saturated carbocycles. The quantitative estimate of drug-likeness (QED) is 0.729. The fourth-order valence-corrected chi connectivity index (χ4v) is 1.77. The Hall–Kier alpha value is -1.79. The van der Waals surface area contributed by atoms with Crippen LogP contribution in [0.2, 0.25) is 0 Å². The number of aliphatic hydroxyl groups is 1. The van der Waals surface area contributed by atoms with Gasteiger partial charge in [-0.3, -0.25) is 4.79 Å². The van der Waals surface area contributed by atoms with Crippen LogP contribution in [-0.2, 0) is 10.2 Å². The summed E-state index contributed by atoms with van der Waals surface area (Å²) in [7, 11) is 0. The van der Waals surface area contributed by atoms with Crippen molar-refractivity contribution >= 4 is 5.97 Å². The molecule has 1 aromatic carbocycles. The maximum Gasteiger partial charge on any atom is 0.314 e. The lowest BCUT2D eigenvalue weighted by Gasteiger charge is -2.09. The van der Waals surface area contributed by atoms with Gasteiger partial charge in [0.1, 0.15) is 6.61 Å². The molecule has 0 heterocycles. The van der Waals surface area contributed by atoms with Gasteiger partial charge in [-0.05, 0) is 30.5 Å². The summed E-state index contributed by atoms with van der Waals surface area (Å²) in [6.07, 6.45) is 1.42. The van der Waals surface area contributed by atoms with Gasteiger partial charge in [0.05, 0.1) is 5.41 Å². The van der Waals surface area contributed by atoms with Crippen LogP contribution in [0.25, 0.3) is 0 Å². The summed E-state index contributed by atoms with van der Waals surface area (Å²) in [4.78, 5) is 11.1. The lowest BCUT2D eigenvalue weighted by molar-refractivity contribution is -0.140. The van der Waals surface area contributed by atoms with Gasteiger partial charge in [0.2, 0.25) is 0 Å². The van der Waals surface area contributed by atoms with Crippen molar-refractivity contribution in [2.75, 3.05) is 6.61 Å². The lowest BCUT2D eigenvalue weighted by Crippen LogP contribution is -2.19. The molecule has 1 aliphatic carbocycles. The maximum absolute atomic E-state index is 11.1. The zero-order valence-electron chi connectivity index (χ0n) is 8.73. The van der Waals surface area contributed by atoms with E-state index in [1.54, 1.807) is 12.1 Å². The Bertz CT molecular complexity index is 458. The second-order valence-electron chi connectivity index (χ2n) is 3.92. The topological polar surface area (TPSA) is 57.5 Å². The fourth-order valence-electron chi connectivity index (χ4n) is 1.77. The van der Waals surface area contributed by atoms with Gasteiger partial charge in [0.25, 0.3) is 0 Å². The standard InChI is InChI=1S/C13H12O3/c14-9-1-2-10-3-5-11(6-4-10)13(7-8-13)12(15)16/h3-6,14H,7-9H2,(H,15,16). The van der Waals surface area contributed by atoms with E-state index in [-0.39, 0.29) is 6.61 Å². The molecule has 2 N–H and O–H groups in total.